The zero-order valence-corrected chi connectivity index (χ0v) is 16.7. The Labute approximate surface area is 174 Å². The highest BCUT2D eigenvalue weighted by molar-refractivity contribution is 5.95. The molecular formula is C22H22N4O4. The molecule has 154 valence electrons. The van der Waals surface area contributed by atoms with Crippen molar-refractivity contribution in [2.24, 2.45) is 0 Å². The number of nitro benzene ring substituents is 1. The van der Waals surface area contributed by atoms with Crippen molar-refractivity contribution in [3.05, 3.63) is 82.9 Å². The summed E-state index contributed by atoms with van der Waals surface area (Å²) in [4.78, 5) is 24.9. The van der Waals surface area contributed by atoms with Crippen LogP contribution >= 0.6 is 0 Å². The van der Waals surface area contributed by atoms with E-state index in [2.05, 4.69) is 10.6 Å². The molecule has 1 amide bonds. The van der Waals surface area contributed by atoms with E-state index in [1.54, 1.807) is 0 Å². The number of methoxy groups -OCH3 is 1. The van der Waals surface area contributed by atoms with Gasteiger partial charge in [-0.1, -0.05) is 30.3 Å². The van der Waals surface area contributed by atoms with E-state index in [0.29, 0.717) is 5.69 Å². The number of ether oxygens (including phenoxy) is 1. The summed E-state index contributed by atoms with van der Waals surface area (Å²) < 4.78 is 5.15. The molecular weight excluding hydrogens is 384 g/mol. The molecule has 0 unspecified atom stereocenters. The molecule has 3 aromatic carbocycles. The average molecular weight is 406 g/mol. The van der Waals surface area contributed by atoms with Gasteiger partial charge in [0.15, 0.2) is 0 Å². The van der Waals surface area contributed by atoms with Gasteiger partial charge in [0.1, 0.15) is 5.75 Å². The van der Waals surface area contributed by atoms with Crippen LogP contribution in [0.25, 0.3) is 0 Å². The van der Waals surface area contributed by atoms with Gasteiger partial charge < -0.3 is 20.3 Å². The zero-order chi connectivity index (χ0) is 21.5. The second kappa shape index (κ2) is 9.42. The minimum atomic E-state index is -0.518. The number of non-ortho nitro benzene ring substituents is 1. The Morgan fingerprint density at radius 1 is 1.03 bits per heavy atom. The van der Waals surface area contributed by atoms with Gasteiger partial charge >= 0.3 is 0 Å². The Morgan fingerprint density at radius 3 is 2.43 bits per heavy atom. The Hall–Kier alpha value is -4.07. The summed E-state index contributed by atoms with van der Waals surface area (Å²) in [6, 6.07) is 21.6. The van der Waals surface area contributed by atoms with Gasteiger partial charge in [-0.3, -0.25) is 14.9 Å². The fourth-order valence-electron chi connectivity index (χ4n) is 2.97. The lowest BCUT2D eigenvalue weighted by Crippen LogP contribution is -2.23. The van der Waals surface area contributed by atoms with Crippen LogP contribution in [0, 0.1) is 10.1 Å². The standard InChI is InChI=1S/C22H22N4O4/c1-25(16-8-4-3-5-9-16)20-11-7-6-10-18(20)23-15-22(27)24-19-13-12-17(26(28)29)14-21(19)30-2/h3-14,23H,15H2,1-2H3,(H,24,27). The maximum atomic E-state index is 12.4. The predicted octanol–water partition coefficient (Wildman–Crippen LogP) is 4.42. The minimum absolute atomic E-state index is 0.0137. The average Bonchev–Trinajstić information content (AvgIpc) is 2.78. The smallest absolute Gasteiger partial charge is 0.273 e. The van der Waals surface area contributed by atoms with Crippen LogP contribution in [-0.4, -0.2) is 31.5 Å². The molecule has 0 saturated heterocycles. The molecule has 0 atom stereocenters. The molecule has 0 saturated carbocycles. The van der Waals surface area contributed by atoms with Crippen molar-refractivity contribution >= 4 is 34.3 Å². The van der Waals surface area contributed by atoms with Crippen LogP contribution in [-0.2, 0) is 4.79 Å². The fraction of sp³-hybridized carbons (Fsp3) is 0.136. The molecule has 0 aliphatic heterocycles. The number of hydrogen-bond donors (Lipinski definition) is 2. The highest BCUT2D eigenvalue weighted by atomic mass is 16.6. The van der Waals surface area contributed by atoms with Crippen molar-refractivity contribution in [3.8, 4) is 5.75 Å². The number of benzene rings is 3. The van der Waals surface area contributed by atoms with Crippen LogP contribution in [0.5, 0.6) is 5.75 Å². The number of nitrogens with one attached hydrogen (secondary N) is 2. The maximum absolute atomic E-state index is 12.4. The van der Waals surface area contributed by atoms with Crippen molar-refractivity contribution in [1.29, 1.82) is 0 Å². The number of carbonyl (C=O) groups is 1. The molecule has 0 radical (unpaired) electrons. The molecule has 0 fully saturated rings. The van der Waals surface area contributed by atoms with Gasteiger partial charge in [0.2, 0.25) is 5.91 Å². The number of carbonyl (C=O) groups excluding carboxylic acids is 1. The van der Waals surface area contributed by atoms with Gasteiger partial charge in [0, 0.05) is 18.8 Å². The van der Waals surface area contributed by atoms with Crippen molar-refractivity contribution in [2.45, 2.75) is 0 Å². The monoisotopic (exact) mass is 406 g/mol. The number of nitrogens with zero attached hydrogens (tertiary/aromatic N) is 2. The molecule has 8 heteroatoms. The summed E-state index contributed by atoms with van der Waals surface area (Å²) in [7, 11) is 3.35. The molecule has 0 aliphatic rings. The van der Waals surface area contributed by atoms with Crippen LogP contribution in [0.1, 0.15) is 0 Å². The van der Waals surface area contributed by atoms with Crippen LogP contribution in [0.2, 0.25) is 0 Å². The minimum Gasteiger partial charge on any atom is -0.494 e. The lowest BCUT2D eigenvalue weighted by atomic mass is 10.2. The third-order valence-electron chi connectivity index (χ3n) is 4.52. The van der Waals surface area contributed by atoms with Crippen molar-refractivity contribution in [3.63, 3.8) is 0 Å². The van der Waals surface area contributed by atoms with Crippen molar-refractivity contribution < 1.29 is 14.5 Å². The largest absolute Gasteiger partial charge is 0.494 e. The van der Waals surface area contributed by atoms with Crippen LogP contribution in [0.3, 0.4) is 0 Å². The third-order valence-corrected chi connectivity index (χ3v) is 4.52. The maximum Gasteiger partial charge on any atom is 0.273 e. The number of anilines is 4. The summed E-state index contributed by atoms with van der Waals surface area (Å²) >= 11 is 0. The highest BCUT2D eigenvalue weighted by Gasteiger charge is 2.14. The van der Waals surface area contributed by atoms with E-state index in [-0.39, 0.29) is 23.9 Å². The van der Waals surface area contributed by atoms with Gasteiger partial charge in [0.05, 0.1) is 41.7 Å². The van der Waals surface area contributed by atoms with Gasteiger partial charge in [-0.15, -0.1) is 0 Å². The lowest BCUT2D eigenvalue weighted by Gasteiger charge is -2.23. The molecule has 0 heterocycles. The van der Waals surface area contributed by atoms with E-state index in [0.717, 1.165) is 17.1 Å². The number of para-hydroxylation sites is 3. The first-order valence-electron chi connectivity index (χ1n) is 9.23. The molecule has 3 aromatic rings. The fourth-order valence-corrected chi connectivity index (χ4v) is 2.97. The Bertz CT molecular complexity index is 1040. The molecule has 3 rings (SSSR count). The lowest BCUT2D eigenvalue weighted by molar-refractivity contribution is -0.384. The van der Waals surface area contributed by atoms with E-state index < -0.39 is 4.92 Å². The highest BCUT2D eigenvalue weighted by Crippen LogP contribution is 2.31. The zero-order valence-electron chi connectivity index (χ0n) is 16.7. The van der Waals surface area contributed by atoms with Gasteiger partial charge in [0.25, 0.3) is 5.69 Å². The Morgan fingerprint density at radius 2 is 1.73 bits per heavy atom. The van der Waals surface area contributed by atoms with Gasteiger partial charge in [-0.25, -0.2) is 0 Å². The van der Waals surface area contributed by atoms with Crippen molar-refractivity contribution in [1.82, 2.24) is 0 Å². The SMILES string of the molecule is COc1cc([N+](=O)[O-])ccc1NC(=O)CNc1ccccc1N(C)c1ccccc1. The van der Waals surface area contributed by atoms with E-state index in [4.69, 9.17) is 4.74 Å². The van der Waals surface area contributed by atoms with E-state index in [1.807, 2.05) is 66.5 Å². The first-order valence-corrected chi connectivity index (χ1v) is 9.23. The summed E-state index contributed by atoms with van der Waals surface area (Å²) in [6.45, 7) is 0.0137. The molecule has 0 spiro atoms. The van der Waals surface area contributed by atoms with E-state index in [1.165, 1.54) is 25.3 Å². The van der Waals surface area contributed by atoms with Crippen LogP contribution < -0.4 is 20.3 Å². The van der Waals surface area contributed by atoms with Crippen molar-refractivity contribution in [2.75, 3.05) is 36.2 Å². The summed E-state index contributed by atoms with van der Waals surface area (Å²) in [5.74, 6) is -0.0823. The number of rotatable bonds is 8. The molecule has 0 aromatic heterocycles. The first-order chi connectivity index (χ1) is 14.5. The second-order valence-corrected chi connectivity index (χ2v) is 6.46. The number of amides is 1. The molecule has 0 aliphatic carbocycles. The number of hydrogen-bond acceptors (Lipinski definition) is 6. The second-order valence-electron chi connectivity index (χ2n) is 6.46. The van der Waals surface area contributed by atoms with Gasteiger partial charge in [-0.05, 0) is 30.3 Å². The van der Waals surface area contributed by atoms with E-state index in [9.17, 15) is 14.9 Å². The molecule has 8 nitrogen and oxygen atoms in total. The molecule has 2 N–H and O–H groups in total. The van der Waals surface area contributed by atoms with Gasteiger partial charge in [-0.2, -0.15) is 0 Å². The third kappa shape index (κ3) is 4.85. The predicted molar refractivity (Wildman–Crippen MR) is 118 cm³/mol. The molecule has 0 bridgehead atoms. The summed E-state index contributed by atoms with van der Waals surface area (Å²) in [6.07, 6.45) is 0. The Balaban J connectivity index is 1.69. The normalized spacial score (nSPS) is 10.2. The number of nitro groups is 1. The van der Waals surface area contributed by atoms with Crippen LogP contribution in [0.4, 0.5) is 28.4 Å². The first kappa shape index (κ1) is 20.7. The molecule has 30 heavy (non-hydrogen) atoms. The van der Waals surface area contributed by atoms with Crippen LogP contribution in [0.15, 0.2) is 72.8 Å². The van der Waals surface area contributed by atoms with E-state index >= 15 is 0 Å². The summed E-state index contributed by atoms with van der Waals surface area (Å²) in [5, 5.41) is 16.8. The summed E-state index contributed by atoms with van der Waals surface area (Å²) in [5.41, 5.74) is 3.00. The topological polar surface area (TPSA) is 96.7 Å². The quantitative estimate of drug-likeness (QED) is 0.425. The Kier molecular flexibility index (Phi) is 6.49.